The zero-order valence-electron chi connectivity index (χ0n) is 16.5. The molecule has 6 heteroatoms. The molecule has 0 aliphatic carbocycles. The highest BCUT2D eigenvalue weighted by Crippen LogP contribution is 2.22. The summed E-state index contributed by atoms with van der Waals surface area (Å²) in [5, 5.41) is 4.30. The molecule has 4 rings (SSSR count). The smallest absolute Gasteiger partial charge is 0.266 e. The first-order chi connectivity index (χ1) is 13.8. The van der Waals surface area contributed by atoms with Crippen LogP contribution in [0.5, 0.6) is 0 Å². The molecular formula is C23H21N3O2S. The Morgan fingerprint density at radius 1 is 1.00 bits per heavy atom. The first-order valence-electron chi connectivity index (χ1n) is 9.40. The molecule has 0 saturated heterocycles. The zero-order valence-corrected chi connectivity index (χ0v) is 17.4. The topological polar surface area (TPSA) is 64.3 Å². The Morgan fingerprint density at radius 3 is 2.34 bits per heavy atom. The van der Waals surface area contributed by atoms with Crippen molar-refractivity contribution >= 4 is 22.4 Å². The van der Waals surface area contributed by atoms with Crippen molar-refractivity contribution in [3.63, 3.8) is 0 Å². The lowest BCUT2D eigenvalue weighted by molar-refractivity contribution is 0.590. The van der Waals surface area contributed by atoms with Crippen LogP contribution in [0, 0.1) is 0 Å². The summed E-state index contributed by atoms with van der Waals surface area (Å²) < 4.78 is 1.74. The van der Waals surface area contributed by atoms with Gasteiger partial charge in [-0.05, 0) is 28.2 Å². The van der Waals surface area contributed by atoms with E-state index in [9.17, 15) is 9.59 Å². The summed E-state index contributed by atoms with van der Waals surface area (Å²) in [4.78, 5) is 29.6. The van der Waals surface area contributed by atoms with E-state index >= 15 is 0 Å². The minimum atomic E-state index is -0.392. The number of hydrogen-bond donors (Lipinski definition) is 0. The first kappa shape index (κ1) is 19.2. The molecule has 0 N–H and O–H groups in total. The molecule has 29 heavy (non-hydrogen) atoms. The highest BCUT2D eigenvalue weighted by molar-refractivity contribution is 7.15. The normalized spacial score (nSPS) is 12.6. The Morgan fingerprint density at radius 2 is 1.69 bits per heavy atom. The highest BCUT2D eigenvalue weighted by Gasteiger charge is 2.13. The van der Waals surface area contributed by atoms with E-state index in [1.165, 1.54) is 21.4 Å². The van der Waals surface area contributed by atoms with E-state index in [0.29, 0.717) is 15.9 Å². The van der Waals surface area contributed by atoms with Gasteiger partial charge in [0.2, 0.25) is 4.96 Å². The van der Waals surface area contributed by atoms with Crippen molar-refractivity contribution in [2.24, 2.45) is 0 Å². The number of benzene rings is 2. The molecule has 0 atom stereocenters. The Balaban J connectivity index is 1.75. The van der Waals surface area contributed by atoms with Gasteiger partial charge >= 0.3 is 0 Å². The molecule has 0 amide bonds. The molecule has 0 spiro atoms. The molecule has 0 saturated carbocycles. The Hall–Kier alpha value is -3.12. The maximum atomic E-state index is 12.8. The molecular weight excluding hydrogens is 382 g/mol. The van der Waals surface area contributed by atoms with Gasteiger partial charge in [0.1, 0.15) is 5.69 Å². The number of fused-ring (bicyclic) bond motifs is 1. The van der Waals surface area contributed by atoms with Crippen molar-refractivity contribution in [1.29, 1.82) is 0 Å². The SMILES string of the molecule is CC(C)(C)c1ccc(/C=c2\sc3nc(=O)c(Cc4ccccc4)nn3c2=O)cc1. The van der Waals surface area contributed by atoms with Gasteiger partial charge in [-0.2, -0.15) is 14.6 Å². The molecule has 0 radical (unpaired) electrons. The third-order valence-electron chi connectivity index (χ3n) is 4.74. The van der Waals surface area contributed by atoms with Gasteiger partial charge in [0.05, 0.1) is 4.53 Å². The Bertz CT molecular complexity index is 1330. The molecule has 2 aromatic heterocycles. The fourth-order valence-corrected chi connectivity index (χ4v) is 3.98. The fourth-order valence-electron chi connectivity index (χ4n) is 3.07. The van der Waals surface area contributed by atoms with Crippen LogP contribution in [-0.4, -0.2) is 14.6 Å². The minimum absolute atomic E-state index is 0.0726. The monoisotopic (exact) mass is 403 g/mol. The van der Waals surface area contributed by atoms with Crippen LogP contribution in [0.2, 0.25) is 0 Å². The molecule has 0 aliphatic heterocycles. The van der Waals surface area contributed by atoms with Gasteiger partial charge in [-0.3, -0.25) is 9.59 Å². The highest BCUT2D eigenvalue weighted by atomic mass is 32.1. The molecule has 2 heterocycles. The summed E-state index contributed by atoms with van der Waals surface area (Å²) in [5.74, 6) is 0. The van der Waals surface area contributed by atoms with Gasteiger partial charge in [0.25, 0.3) is 11.1 Å². The average Bonchev–Trinajstić information content (AvgIpc) is 2.97. The summed E-state index contributed by atoms with van der Waals surface area (Å²) in [6.45, 7) is 6.49. The van der Waals surface area contributed by atoms with Crippen LogP contribution < -0.4 is 15.7 Å². The molecule has 0 fully saturated rings. The minimum Gasteiger partial charge on any atom is -0.266 e. The molecule has 0 bridgehead atoms. The molecule has 5 nitrogen and oxygen atoms in total. The van der Waals surface area contributed by atoms with Gasteiger partial charge in [0, 0.05) is 6.42 Å². The summed E-state index contributed by atoms with van der Waals surface area (Å²) in [6.07, 6.45) is 2.16. The van der Waals surface area contributed by atoms with Gasteiger partial charge in [-0.25, -0.2) is 0 Å². The van der Waals surface area contributed by atoms with Crippen LogP contribution in [0.1, 0.15) is 43.2 Å². The van der Waals surface area contributed by atoms with Crippen molar-refractivity contribution < 1.29 is 0 Å². The third-order valence-corrected chi connectivity index (χ3v) is 5.70. The number of aromatic nitrogens is 3. The standard InChI is InChI=1S/C23H21N3O2S/c1-23(2,3)17-11-9-16(10-12-17)14-19-21(28)26-22(29-19)24-20(27)18(25-26)13-15-7-5-4-6-8-15/h4-12,14H,13H2,1-3H3/b19-14-. The summed E-state index contributed by atoms with van der Waals surface area (Å²) in [6, 6.07) is 17.7. The van der Waals surface area contributed by atoms with Gasteiger partial charge in [-0.15, -0.1) is 0 Å². The zero-order chi connectivity index (χ0) is 20.6. The van der Waals surface area contributed by atoms with Crippen molar-refractivity contribution in [2.45, 2.75) is 32.6 Å². The largest absolute Gasteiger partial charge is 0.296 e. The lowest BCUT2D eigenvalue weighted by atomic mass is 9.87. The quantitative estimate of drug-likeness (QED) is 0.528. The van der Waals surface area contributed by atoms with Gasteiger partial charge in [-0.1, -0.05) is 86.7 Å². The second-order valence-corrected chi connectivity index (χ2v) is 9.02. The van der Waals surface area contributed by atoms with E-state index in [1.807, 2.05) is 48.5 Å². The average molecular weight is 404 g/mol. The molecule has 146 valence electrons. The number of nitrogens with zero attached hydrogens (tertiary/aromatic N) is 3. The lowest BCUT2D eigenvalue weighted by Gasteiger charge is -2.18. The van der Waals surface area contributed by atoms with Crippen LogP contribution in [0.15, 0.2) is 64.2 Å². The molecule has 4 aromatic rings. The van der Waals surface area contributed by atoms with E-state index < -0.39 is 5.56 Å². The molecule has 0 aliphatic rings. The van der Waals surface area contributed by atoms with E-state index in [1.54, 1.807) is 0 Å². The van der Waals surface area contributed by atoms with Gasteiger partial charge in [0.15, 0.2) is 0 Å². The van der Waals surface area contributed by atoms with Crippen molar-refractivity contribution in [2.75, 3.05) is 0 Å². The van der Waals surface area contributed by atoms with Gasteiger partial charge < -0.3 is 0 Å². The van der Waals surface area contributed by atoms with Crippen molar-refractivity contribution in [3.8, 4) is 0 Å². The Kier molecular flexibility index (Phi) is 4.88. The number of rotatable bonds is 3. The summed E-state index contributed by atoms with van der Waals surface area (Å²) in [7, 11) is 0. The maximum absolute atomic E-state index is 12.8. The van der Waals surface area contributed by atoms with E-state index in [4.69, 9.17) is 0 Å². The third kappa shape index (κ3) is 4.03. The number of thiazole rings is 1. The predicted octanol–water partition coefficient (Wildman–Crippen LogP) is 2.95. The fraction of sp³-hybridized carbons (Fsp3) is 0.217. The van der Waals surface area contributed by atoms with Crippen LogP contribution in [-0.2, 0) is 11.8 Å². The summed E-state index contributed by atoms with van der Waals surface area (Å²) >= 11 is 1.18. The van der Waals surface area contributed by atoms with E-state index in [0.717, 1.165) is 11.1 Å². The molecule has 0 unspecified atom stereocenters. The van der Waals surface area contributed by atoms with Crippen LogP contribution in [0.4, 0.5) is 0 Å². The second-order valence-electron chi connectivity index (χ2n) is 8.01. The van der Waals surface area contributed by atoms with Crippen molar-refractivity contribution in [3.05, 3.63) is 102 Å². The predicted molar refractivity (Wildman–Crippen MR) is 117 cm³/mol. The molecule has 2 aromatic carbocycles. The lowest BCUT2D eigenvalue weighted by Crippen LogP contribution is -2.28. The van der Waals surface area contributed by atoms with Crippen LogP contribution in [0.3, 0.4) is 0 Å². The van der Waals surface area contributed by atoms with Crippen molar-refractivity contribution in [1.82, 2.24) is 14.6 Å². The van der Waals surface area contributed by atoms with Crippen LogP contribution in [0.25, 0.3) is 11.0 Å². The van der Waals surface area contributed by atoms with Crippen LogP contribution >= 0.6 is 11.3 Å². The number of hydrogen-bond acceptors (Lipinski definition) is 5. The maximum Gasteiger partial charge on any atom is 0.296 e. The van der Waals surface area contributed by atoms with E-state index in [-0.39, 0.29) is 16.7 Å². The summed E-state index contributed by atoms with van der Waals surface area (Å²) in [5.41, 5.74) is 2.80. The Labute approximate surface area is 172 Å². The van der Waals surface area contributed by atoms with E-state index in [2.05, 4.69) is 43.0 Å². The second kappa shape index (κ2) is 7.37. The first-order valence-corrected chi connectivity index (χ1v) is 10.2.